The van der Waals surface area contributed by atoms with Crippen LogP contribution in [0.15, 0.2) is 53.7 Å². The van der Waals surface area contributed by atoms with E-state index in [2.05, 4.69) is 21.2 Å². The Hall–Kier alpha value is -1.89. The number of hydrogen-bond donors (Lipinski definition) is 0. The molecule has 0 bridgehead atoms. The molecule has 2 aromatic carbocycles. The average Bonchev–Trinajstić information content (AvgIpc) is 3.17. The molecule has 2 aromatic heterocycles. The Morgan fingerprint density at radius 3 is 2.67 bits per heavy atom. The maximum atomic E-state index is 5.94. The average molecular weight is 373 g/mol. The normalized spacial score (nSPS) is 11.2. The standard InChI is InChI=1S/C17H13ClN4S2/c1-22-16(11-6-8-12(18)9-7-11)20-21-17(22)23-10-15-19-13-4-2-3-5-14(13)24-15/h2-9H,10H2,1H3. The van der Waals surface area contributed by atoms with Gasteiger partial charge in [-0.25, -0.2) is 4.98 Å². The summed E-state index contributed by atoms with van der Waals surface area (Å²) in [5, 5.41) is 11.3. The number of hydrogen-bond acceptors (Lipinski definition) is 5. The summed E-state index contributed by atoms with van der Waals surface area (Å²) in [6.45, 7) is 0. The van der Waals surface area contributed by atoms with Crippen LogP contribution in [0.3, 0.4) is 0 Å². The molecule has 0 unspecified atom stereocenters. The molecule has 0 atom stereocenters. The molecule has 0 N–H and O–H groups in total. The van der Waals surface area contributed by atoms with Gasteiger partial charge < -0.3 is 4.57 Å². The van der Waals surface area contributed by atoms with Crippen molar-refractivity contribution in [2.24, 2.45) is 7.05 Å². The van der Waals surface area contributed by atoms with Gasteiger partial charge in [0.25, 0.3) is 0 Å². The summed E-state index contributed by atoms with van der Waals surface area (Å²) in [6.07, 6.45) is 0. The number of rotatable bonds is 4. The Morgan fingerprint density at radius 1 is 1.08 bits per heavy atom. The molecule has 0 saturated heterocycles. The van der Waals surface area contributed by atoms with Crippen molar-refractivity contribution in [2.45, 2.75) is 10.9 Å². The van der Waals surface area contributed by atoms with E-state index >= 15 is 0 Å². The quantitative estimate of drug-likeness (QED) is 0.471. The summed E-state index contributed by atoms with van der Waals surface area (Å²) in [4.78, 5) is 4.66. The molecule has 0 saturated carbocycles. The van der Waals surface area contributed by atoms with Gasteiger partial charge in [0.2, 0.25) is 0 Å². The van der Waals surface area contributed by atoms with Crippen molar-refractivity contribution in [3.05, 3.63) is 58.6 Å². The molecule has 0 aliphatic carbocycles. The van der Waals surface area contributed by atoms with Crippen LogP contribution in [0.5, 0.6) is 0 Å². The lowest BCUT2D eigenvalue weighted by Crippen LogP contribution is -1.94. The SMILES string of the molecule is Cn1c(SCc2nc3ccccc3s2)nnc1-c1ccc(Cl)cc1. The zero-order valence-electron chi connectivity index (χ0n) is 12.8. The third-order valence-electron chi connectivity index (χ3n) is 3.60. The van der Waals surface area contributed by atoms with Crippen LogP contribution in [0, 0.1) is 0 Å². The number of nitrogens with zero attached hydrogens (tertiary/aromatic N) is 4. The highest BCUT2D eigenvalue weighted by Gasteiger charge is 2.12. The van der Waals surface area contributed by atoms with E-state index in [0.29, 0.717) is 5.02 Å². The van der Waals surface area contributed by atoms with E-state index in [1.807, 2.05) is 54.1 Å². The second-order valence-corrected chi connectivity index (χ2v) is 7.73. The first-order chi connectivity index (χ1) is 11.7. The van der Waals surface area contributed by atoms with E-state index in [9.17, 15) is 0 Å². The van der Waals surface area contributed by atoms with Crippen LogP contribution in [-0.2, 0) is 12.8 Å². The molecular weight excluding hydrogens is 360 g/mol. The minimum absolute atomic E-state index is 0.714. The zero-order chi connectivity index (χ0) is 16.5. The minimum atomic E-state index is 0.714. The molecule has 4 rings (SSSR count). The van der Waals surface area contributed by atoms with Gasteiger partial charge in [0.15, 0.2) is 11.0 Å². The molecular formula is C17H13ClN4S2. The van der Waals surface area contributed by atoms with Gasteiger partial charge in [0.05, 0.1) is 16.0 Å². The maximum Gasteiger partial charge on any atom is 0.191 e. The van der Waals surface area contributed by atoms with E-state index in [1.165, 1.54) is 4.70 Å². The van der Waals surface area contributed by atoms with Gasteiger partial charge in [0, 0.05) is 17.6 Å². The van der Waals surface area contributed by atoms with Gasteiger partial charge in [-0.3, -0.25) is 0 Å². The summed E-state index contributed by atoms with van der Waals surface area (Å²) in [7, 11) is 1.98. The van der Waals surface area contributed by atoms with Crippen LogP contribution >= 0.6 is 34.7 Å². The topological polar surface area (TPSA) is 43.6 Å². The number of benzene rings is 2. The monoisotopic (exact) mass is 372 g/mol. The first-order valence-corrected chi connectivity index (χ1v) is 9.51. The molecule has 0 fully saturated rings. The van der Waals surface area contributed by atoms with Crippen LogP contribution in [0.1, 0.15) is 5.01 Å². The highest BCUT2D eigenvalue weighted by molar-refractivity contribution is 7.98. The fourth-order valence-electron chi connectivity index (χ4n) is 2.40. The Kier molecular flexibility index (Phi) is 4.26. The summed E-state index contributed by atoms with van der Waals surface area (Å²) >= 11 is 9.31. The van der Waals surface area contributed by atoms with Crippen LogP contribution < -0.4 is 0 Å². The maximum absolute atomic E-state index is 5.94. The molecule has 4 aromatic rings. The second kappa shape index (κ2) is 6.55. The second-order valence-electron chi connectivity index (χ2n) is 5.24. The molecule has 7 heteroatoms. The van der Waals surface area contributed by atoms with Crippen LogP contribution in [0.4, 0.5) is 0 Å². The molecule has 0 aliphatic rings. The molecule has 0 spiro atoms. The van der Waals surface area contributed by atoms with Gasteiger partial charge in [-0.1, -0.05) is 35.5 Å². The number of halogens is 1. The molecule has 0 amide bonds. The van der Waals surface area contributed by atoms with Crippen LogP contribution in [0.25, 0.3) is 21.6 Å². The van der Waals surface area contributed by atoms with E-state index in [-0.39, 0.29) is 0 Å². The smallest absolute Gasteiger partial charge is 0.191 e. The highest BCUT2D eigenvalue weighted by Crippen LogP contribution is 2.29. The van der Waals surface area contributed by atoms with Gasteiger partial charge in [-0.2, -0.15) is 0 Å². The number of para-hydroxylation sites is 1. The predicted octanol–water partition coefficient (Wildman–Crippen LogP) is 5.04. The Balaban J connectivity index is 1.54. The van der Waals surface area contributed by atoms with E-state index < -0.39 is 0 Å². The highest BCUT2D eigenvalue weighted by atomic mass is 35.5. The summed E-state index contributed by atoms with van der Waals surface area (Å²) in [5.74, 6) is 1.62. The van der Waals surface area contributed by atoms with Crippen molar-refractivity contribution in [1.82, 2.24) is 19.7 Å². The van der Waals surface area contributed by atoms with Crippen molar-refractivity contribution in [1.29, 1.82) is 0 Å². The van der Waals surface area contributed by atoms with E-state index in [0.717, 1.165) is 32.8 Å². The Morgan fingerprint density at radius 2 is 1.88 bits per heavy atom. The number of fused-ring (bicyclic) bond motifs is 1. The zero-order valence-corrected chi connectivity index (χ0v) is 15.2. The predicted molar refractivity (Wildman–Crippen MR) is 101 cm³/mol. The van der Waals surface area contributed by atoms with Gasteiger partial charge in [-0.15, -0.1) is 21.5 Å². The minimum Gasteiger partial charge on any atom is -0.305 e. The van der Waals surface area contributed by atoms with E-state index in [4.69, 9.17) is 11.6 Å². The molecule has 24 heavy (non-hydrogen) atoms. The fourth-order valence-corrected chi connectivity index (χ4v) is 4.40. The van der Waals surface area contributed by atoms with Gasteiger partial charge in [0.1, 0.15) is 5.01 Å². The van der Waals surface area contributed by atoms with Crippen molar-refractivity contribution in [3.63, 3.8) is 0 Å². The lowest BCUT2D eigenvalue weighted by atomic mass is 10.2. The van der Waals surface area contributed by atoms with Crippen LogP contribution in [-0.4, -0.2) is 19.7 Å². The Bertz CT molecular complexity index is 958. The third kappa shape index (κ3) is 3.05. The molecule has 120 valence electrons. The number of thioether (sulfide) groups is 1. The summed E-state index contributed by atoms with van der Waals surface area (Å²) < 4.78 is 3.22. The van der Waals surface area contributed by atoms with Crippen LogP contribution in [0.2, 0.25) is 5.02 Å². The summed E-state index contributed by atoms with van der Waals surface area (Å²) in [5.41, 5.74) is 2.05. The number of aromatic nitrogens is 4. The molecule has 4 nitrogen and oxygen atoms in total. The fraction of sp³-hybridized carbons (Fsp3) is 0.118. The van der Waals surface area contributed by atoms with Crippen molar-refractivity contribution in [2.75, 3.05) is 0 Å². The first kappa shape index (κ1) is 15.6. The van der Waals surface area contributed by atoms with Gasteiger partial charge in [-0.05, 0) is 36.4 Å². The molecule has 0 aliphatic heterocycles. The Labute approximate surface area is 152 Å². The van der Waals surface area contributed by atoms with Gasteiger partial charge >= 0.3 is 0 Å². The first-order valence-electron chi connectivity index (χ1n) is 7.33. The third-order valence-corrected chi connectivity index (χ3v) is 6.10. The number of thiazole rings is 1. The lowest BCUT2D eigenvalue weighted by Gasteiger charge is -2.03. The summed E-state index contributed by atoms with van der Waals surface area (Å²) in [6, 6.07) is 15.8. The van der Waals surface area contributed by atoms with Crippen molar-refractivity contribution in [3.8, 4) is 11.4 Å². The molecule has 2 heterocycles. The molecule has 0 radical (unpaired) electrons. The largest absolute Gasteiger partial charge is 0.305 e. The van der Waals surface area contributed by atoms with Crippen molar-refractivity contribution < 1.29 is 0 Å². The van der Waals surface area contributed by atoms with E-state index in [1.54, 1.807) is 23.1 Å². The van der Waals surface area contributed by atoms with Crippen molar-refractivity contribution >= 4 is 44.9 Å². The lowest BCUT2D eigenvalue weighted by molar-refractivity contribution is 0.793.